The first-order valence-electron chi connectivity index (χ1n) is 7.05. The summed E-state index contributed by atoms with van der Waals surface area (Å²) in [6, 6.07) is 12.9. The molecule has 0 bridgehead atoms. The van der Waals surface area contributed by atoms with Crippen molar-refractivity contribution in [3.63, 3.8) is 0 Å². The Labute approximate surface area is 138 Å². The van der Waals surface area contributed by atoms with Crippen molar-refractivity contribution in [1.29, 1.82) is 0 Å². The quantitative estimate of drug-likeness (QED) is 0.810. The van der Waals surface area contributed by atoms with E-state index >= 15 is 0 Å². The highest BCUT2D eigenvalue weighted by molar-refractivity contribution is 6.36. The number of carbonyl (C=O) groups is 1. The summed E-state index contributed by atoms with van der Waals surface area (Å²) in [4.78, 5) is 12.2. The SMILES string of the molecule is O=C(N/N=C1/CCCc2ccccc21)c1ccc(Cl)cc1Cl. The average Bonchev–Trinajstić information content (AvgIpc) is 2.52. The largest absolute Gasteiger partial charge is 0.272 e. The van der Waals surface area contributed by atoms with Crippen LogP contribution >= 0.6 is 23.2 Å². The summed E-state index contributed by atoms with van der Waals surface area (Å²) in [7, 11) is 0. The Morgan fingerprint density at radius 2 is 1.91 bits per heavy atom. The van der Waals surface area contributed by atoms with Crippen LogP contribution in [-0.2, 0) is 6.42 Å². The molecule has 2 aromatic carbocycles. The Morgan fingerprint density at radius 1 is 1.09 bits per heavy atom. The summed E-state index contributed by atoms with van der Waals surface area (Å²) >= 11 is 11.9. The van der Waals surface area contributed by atoms with Gasteiger partial charge in [-0.25, -0.2) is 5.43 Å². The second-order valence-electron chi connectivity index (χ2n) is 5.13. The van der Waals surface area contributed by atoms with E-state index in [1.54, 1.807) is 18.2 Å². The van der Waals surface area contributed by atoms with Crippen LogP contribution in [0.2, 0.25) is 10.0 Å². The van der Waals surface area contributed by atoms with Gasteiger partial charge < -0.3 is 0 Å². The van der Waals surface area contributed by atoms with E-state index in [-0.39, 0.29) is 5.91 Å². The van der Waals surface area contributed by atoms with Crippen molar-refractivity contribution >= 4 is 34.8 Å². The molecule has 0 heterocycles. The number of aryl methyl sites for hydroxylation is 1. The van der Waals surface area contributed by atoms with Crippen LogP contribution in [-0.4, -0.2) is 11.6 Å². The lowest BCUT2D eigenvalue weighted by Gasteiger charge is -2.17. The first-order chi connectivity index (χ1) is 10.6. The van der Waals surface area contributed by atoms with Gasteiger partial charge in [-0.15, -0.1) is 0 Å². The minimum atomic E-state index is -0.336. The van der Waals surface area contributed by atoms with Crippen LogP contribution < -0.4 is 5.43 Å². The number of benzene rings is 2. The zero-order valence-electron chi connectivity index (χ0n) is 11.8. The number of fused-ring (bicyclic) bond motifs is 1. The van der Waals surface area contributed by atoms with Gasteiger partial charge in [0.25, 0.3) is 5.91 Å². The Morgan fingerprint density at radius 3 is 2.73 bits per heavy atom. The highest BCUT2D eigenvalue weighted by Crippen LogP contribution is 2.22. The third-order valence-corrected chi connectivity index (χ3v) is 4.20. The van der Waals surface area contributed by atoms with E-state index < -0.39 is 0 Å². The average molecular weight is 333 g/mol. The Balaban J connectivity index is 1.81. The summed E-state index contributed by atoms with van der Waals surface area (Å²) in [6.45, 7) is 0. The molecule has 0 spiro atoms. The molecule has 112 valence electrons. The molecule has 1 N–H and O–H groups in total. The van der Waals surface area contributed by atoms with Crippen molar-refractivity contribution < 1.29 is 4.79 Å². The van der Waals surface area contributed by atoms with Crippen molar-refractivity contribution in [2.45, 2.75) is 19.3 Å². The molecular weight excluding hydrogens is 319 g/mol. The van der Waals surface area contributed by atoms with Crippen molar-refractivity contribution in [2.24, 2.45) is 5.10 Å². The maximum Gasteiger partial charge on any atom is 0.272 e. The highest BCUT2D eigenvalue weighted by atomic mass is 35.5. The molecule has 1 aliphatic rings. The van der Waals surface area contributed by atoms with E-state index in [2.05, 4.69) is 16.6 Å². The highest BCUT2D eigenvalue weighted by Gasteiger charge is 2.16. The number of rotatable bonds is 2. The van der Waals surface area contributed by atoms with Crippen LogP contribution in [0.25, 0.3) is 0 Å². The van der Waals surface area contributed by atoms with Crippen LogP contribution in [0.15, 0.2) is 47.6 Å². The molecule has 0 fully saturated rings. The predicted octanol–water partition coefficient (Wildman–Crippen LogP) is 4.46. The Bertz CT molecular complexity index is 756. The molecule has 3 nitrogen and oxygen atoms in total. The van der Waals surface area contributed by atoms with Gasteiger partial charge in [-0.3, -0.25) is 4.79 Å². The number of hydrogen-bond donors (Lipinski definition) is 1. The molecular formula is C17H14Cl2N2O. The molecule has 1 amide bonds. The summed E-state index contributed by atoms with van der Waals surface area (Å²) in [5, 5.41) is 5.10. The zero-order chi connectivity index (χ0) is 15.5. The van der Waals surface area contributed by atoms with E-state index in [1.165, 1.54) is 5.56 Å². The molecule has 3 rings (SSSR count). The van der Waals surface area contributed by atoms with Crippen LogP contribution in [0.5, 0.6) is 0 Å². The van der Waals surface area contributed by atoms with Crippen LogP contribution in [0, 0.1) is 0 Å². The van der Waals surface area contributed by atoms with Crippen molar-refractivity contribution in [2.75, 3.05) is 0 Å². The lowest BCUT2D eigenvalue weighted by Crippen LogP contribution is -2.22. The molecule has 1 aliphatic carbocycles. The van der Waals surface area contributed by atoms with Gasteiger partial charge in [0.05, 0.1) is 16.3 Å². The fraction of sp³-hybridized carbons (Fsp3) is 0.176. The second kappa shape index (κ2) is 6.51. The van der Waals surface area contributed by atoms with Crippen LogP contribution in [0.3, 0.4) is 0 Å². The van der Waals surface area contributed by atoms with Crippen LogP contribution in [0.1, 0.15) is 34.3 Å². The monoisotopic (exact) mass is 332 g/mol. The van der Waals surface area contributed by atoms with Gasteiger partial charge >= 0.3 is 0 Å². The summed E-state index contributed by atoms with van der Waals surface area (Å²) in [6.07, 6.45) is 2.94. The fourth-order valence-electron chi connectivity index (χ4n) is 2.57. The van der Waals surface area contributed by atoms with Crippen molar-refractivity contribution in [3.8, 4) is 0 Å². The van der Waals surface area contributed by atoms with Crippen molar-refractivity contribution in [1.82, 2.24) is 5.43 Å². The van der Waals surface area contributed by atoms with Gasteiger partial charge in [-0.05, 0) is 43.0 Å². The fourth-order valence-corrected chi connectivity index (χ4v) is 3.06. The first kappa shape index (κ1) is 15.1. The number of carbonyl (C=O) groups excluding carboxylic acids is 1. The lowest BCUT2D eigenvalue weighted by molar-refractivity contribution is 0.0955. The first-order valence-corrected chi connectivity index (χ1v) is 7.81. The molecule has 0 saturated heterocycles. The number of nitrogens with one attached hydrogen (secondary N) is 1. The molecule has 0 aromatic heterocycles. The molecule has 2 aromatic rings. The minimum Gasteiger partial charge on any atom is -0.267 e. The number of hydrazone groups is 1. The Kier molecular flexibility index (Phi) is 4.46. The summed E-state index contributed by atoms with van der Waals surface area (Å²) in [5.74, 6) is -0.336. The third kappa shape index (κ3) is 3.16. The predicted molar refractivity (Wildman–Crippen MR) is 89.8 cm³/mol. The normalized spacial score (nSPS) is 15.5. The number of nitrogens with zero attached hydrogens (tertiary/aromatic N) is 1. The number of hydrogen-bond acceptors (Lipinski definition) is 2. The number of amides is 1. The molecule has 5 heteroatoms. The molecule has 0 unspecified atom stereocenters. The minimum absolute atomic E-state index is 0.314. The molecule has 0 radical (unpaired) electrons. The van der Waals surface area contributed by atoms with Gasteiger partial charge in [0, 0.05) is 10.6 Å². The van der Waals surface area contributed by atoms with E-state index in [0.29, 0.717) is 15.6 Å². The molecule has 22 heavy (non-hydrogen) atoms. The summed E-state index contributed by atoms with van der Waals surface area (Å²) in [5.41, 5.74) is 6.23. The third-order valence-electron chi connectivity index (χ3n) is 3.66. The second-order valence-corrected chi connectivity index (χ2v) is 5.98. The van der Waals surface area contributed by atoms with E-state index in [4.69, 9.17) is 23.2 Å². The smallest absolute Gasteiger partial charge is 0.267 e. The van der Waals surface area contributed by atoms with Gasteiger partial charge in [-0.2, -0.15) is 5.10 Å². The molecule has 0 aliphatic heterocycles. The zero-order valence-corrected chi connectivity index (χ0v) is 13.3. The standard InChI is InChI=1S/C17H14Cl2N2O/c18-12-8-9-14(15(19)10-12)17(22)21-20-16-7-3-5-11-4-1-2-6-13(11)16/h1-2,4,6,8-10H,3,5,7H2,(H,21,22)/b20-16-. The maximum absolute atomic E-state index is 12.2. The Hall–Kier alpha value is -1.84. The maximum atomic E-state index is 12.2. The van der Waals surface area contributed by atoms with Gasteiger partial charge in [0.1, 0.15) is 0 Å². The van der Waals surface area contributed by atoms with Crippen molar-refractivity contribution in [3.05, 3.63) is 69.2 Å². The lowest BCUT2D eigenvalue weighted by atomic mass is 9.90. The number of halogens is 2. The van der Waals surface area contributed by atoms with E-state index in [1.807, 2.05) is 18.2 Å². The van der Waals surface area contributed by atoms with Crippen LogP contribution in [0.4, 0.5) is 0 Å². The topological polar surface area (TPSA) is 41.5 Å². The van der Waals surface area contributed by atoms with E-state index in [9.17, 15) is 4.79 Å². The molecule has 0 saturated carbocycles. The van der Waals surface area contributed by atoms with E-state index in [0.717, 1.165) is 30.5 Å². The molecule has 0 atom stereocenters. The van der Waals surface area contributed by atoms with Gasteiger partial charge in [0.15, 0.2) is 0 Å². The summed E-state index contributed by atoms with van der Waals surface area (Å²) < 4.78 is 0. The van der Waals surface area contributed by atoms with Gasteiger partial charge in [0.2, 0.25) is 0 Å². The van der Waals surface area contributed by atoms with Gasteiger partial charge in [-0.1, -0.05) is 47.5 Å².